The van der Waals surface area contributed by atoms with E-state index < -0.39 is 0 Å². The van der Waals surface area contributed by atoms with E-state index in [1.54, 1.807) is 0 Å². The van der Waals surface area contributed by atoms with Crippen LogP contribution in [0.15, 0.2) is 24.3 Å². The molecule has 1 aromatic carbocycles. The van der Waals surface area contributed by atoms with Gasteiger partial charge >= 0.3 is 0 Å². The van der Waals surface area contributed by atoms with Gasteiger partial charge in [0.15, 0.2) is 0 Å². The van der Waals surface area contributed by atoms with Gasteiger partial charge in [-0.2, -0.15) is 0 Å². The van der Waals surface area contributed by atoms with E-state index in [4.69, 9.17) is 4.74 Å². The Morgan fingerprint density at radius 1 is 1.35 bits per heavy atom. The highest BCUT2D eigenvalue weighted by Crippen LogP contribution is 2.33. The first-order valence-corrected chi connectivity index (χ1v) is 6.61. The Hall–Kier alpha value is -0.860. The van der Waals surface area contributed by atoms with Crippen LogP contribution in [0.5, 0.6) is 0 Å². The van der Waals surface area contributed by atoms with Crippen LogP contribution in [0.1, 0.15) is 43.9 Å². The van der Waals surface area contributed by atoms with Crippen LogP contribution in [-0.4, -0.2) is 17.8 Å². The maximum atomic E-state index is 10.3. The number of ether oxygens (including phenoxy) is 1. The van der Waals surface area contributed by atoms with E-state index in [-0.39, 0.29) is 18.1 Å². The Balaban J connectivity index is 2.05. The van der Waals surface area contributed by atoms with Gasteiger partial charge in [0.1, 0.15) is 0 Å². The molecule has 2 heteroatoms. The lowest BCUT2D eigenvalue weighted by molar-refractivity contribution is 0.0431. The van der Waals surface area contributed by atoms with Gasteiger partial charge < -0.3 is 9.84 Å². The van der Waals surface area contributed by atoms with Gasteiger partial charge in [-0.05, 0) is 30.9 Å². The topological polar surface area (TPSA) is 29.5 Å². The highest BCUT2D eigenvalue weighted by molar-refractivity contribution is 5.25. The molecule has 0 aromatic heterocycles. The van der Waals surface area contributed by atoms with Crippen molar-refractivity contribution in [3.63, 3.8) is 0 Å². The molecule has 1 aromatic rings. The van der Waals surface area contributed by atoms with Crippen LogP contribution < -0.4 is 0 Å². The van der Waals surface area contributed by atoms with Crippen molar-refractivity contribution in [1.82, 2.24) is 0 Å². The lowest BCUT2D eigenvalue weighted by Crippen LogP contribution is -2.19. The minimum Gasteiger partial charge on any atom is -0.388 e. The van der Waals surface area contributed by atoms with Gasteiger partial charge in [0.2, 0.25) is 0 Å². The molecular weight excluding hydrogens is 212 g/mol. The third-order valence-electron chi connectivity index (χ3n) is 3.70. The predicted octanol–water partition coefficient (Wildman–Crippen LogP) is 3.10. The molecule has 1 aliphatic heterocycles. The summed E-state index contributed by atoms with van der Waals surface area (Å²) in [5, 5.41) is 10.3. The van der Waals surface area contributed by atoms with Crippen LogP contribution in [0.2, 0.25) is 0 Å². The standard InChI is InChI=1S/C15H22O2/c1-3-4-12-5-7-13(8-6-12)15(16)14-9-10-17-11(14)2/h5-8,11,14-16H,3-4,9-10H2,1-2H3. The molecule has 3 atom stereocenters. The lowest BCUT2D eigenvalue weighted by atomic mass is 9.90. The Morgan fingerprint density at radius 3 is 2.59 bits per heavy atom. The molecule has 1 saturated heterocycles. The second kappa shape index (κ2) is 5.65. The summed E-state index contributed by atoms with van der Waals surface area (Å²) in [5.74, 6) is 0.243. The van der Waals surface area contributed by atoms with Crippen molar-refractivity contribution in [1.29, 1.82) is 0 Å². The summed E-state index contributed by atoms with van der Waals surface area (Å²) >= 11 is 0. The van der Waals surface area contributed by atoms with E-state index in [9.17, 15) is 5.11 Å². The van der Waals surface area contributed by atoms with Crippen LogP contribution >= 0.6 is 0 Å². The average Bonchev–Trinajstić information content (AvgIpc) is 2.76. The van der Waals surface area contributed by atoms with Crippen molar-refractivity contribution in [2.75, 3.05) is 6.61 Å². The third kappa shape index (κ3) is 2.88. The summed E-state index contributed by atoms with van der Waals surface area (Å²) in [4.78, 5) is 0. The molecule has 0 amide bonds. The number of benzene rings is 1. The van der Waals surface area contributed by atoms with Crippen molar-refractivity contribution in [3.05, 3.63) is 35.4 Å². The van der Waals surface area contributed by atoms with Crippen LogP contribution in [0.4, 0.5) is 0 Å². The minimum absolute atomic E-state index is 0.167. The molecule has 1 aliphatic rings. The number of aliphatic hydroxyl groups is 1. The molecule has 0 saturated carbocycles. The first-order chi connectivity index (χ1) is 8.22. The van der Waals surface area contributed by atoms with Crippen molar-refractivity contribution >= 4 is 0 Å². The highest BCUT2D eigenvalue weighted by atomic mass is 16.5. The van der Waals surface area contributed by atoms with Crippen molar-refractivity contribution in [2.45, 2.75) is 45.3 Å². The van der Waals surface area contributed by atoms with Gasteiger partial charge in [-0.15, -0.1) is 0 Å². The van der Waals surface area contributed by atoms with Gasteiger partial charge in [0.05, 0.1) is 12.2 Å². The van der Waals surface area contributed by atoms with Gasteiger partial charge in [0.25, 0.3) is 0 Å². The fourth-order valence-corrected chi connectivity index (χ4v) is 2.58. The first kappa shape index (κ1) is 12.6. The maximum absolute atomic E-state index is 10.3. The predicted molar refractivity (Wildman–Crippen MR) is 68.9 cm³/mol. The Morgan fingerprint density at radius 2 is 2.06 bits per heavy atom. The quantitative estimate of drug-likeness (QED) is 0.867. The normalized spacial score (nSPS) is 26.1. The van der Waals surface area contributed by atoms with Crippen molar-refractivity contribution in [2.24, 2.45) is 5.92 Å². The molecule has 1 heterocycles. The fourth-order valence-electron chi connectivity index (χ4n) is 2.58. The fraction of sp³-hybridized carbons (Fsp3) is 0.600. The van der Waals surface area contributed by atoms with Crippen LogP contribution in [0.25, 0.3) is 0 Å². The largest absolute Gasteiger partial charge is 0.388 e. The zero-order valence-electron chi connectivity index (χ0n) is 10.7. The molecule has 1 N–H and O–H groups in total. The van der Waals surface area contributed by atoms with Crippen molar-refractivity contribution < 1.29 is 9.84 Å². The van der Waals surface area contributed by atoms with E-state index in [0.717, 1.165) is 31.4 Å². The SMILES string of the molecule is CCCc1ccc(C(O)C2CCOC2C)cc1. The highest BCUT2D eigenvalue weighted by Gasteiger charge is 2.31. The molecule has 0 bridgehead atoms. The monoisotopic (exact) mass is 234 g/mol. The first-order valence-electron chi connectivity index (χ1n) is 6.61. The van der Waals surface area contributed by atoms with E-state index in [2.05, 4.69) is 31.2 Å². The Kier molecular flexibility index (Phi) is 4.19. The van der Waals surface area contributed by atoms with Crippen LogP contribution in [0, 0.1) is 5.92 Å². The summed E-state index contributed by atoms with van der Waals surface area (Å²) in [6.45, 7) is 5.00. The molecular formula is C15H22O2. The van der Waals surface area contributed by atoms with Gasteiger partial charge in [0, 0.05) is 12.5 Å². The Bertz CT molecular complexity index is 344. The second-order valence-corrected chi connectivity index (χ2v) is 4.96. The molecule has 0 spiro atoms. The lowest BCUT2D eigenvalue weighted by Gasteiger charge is -2.21. The number of aliphatic hydroxyl groups excluding tert-OH is 1. The molecule has 94 valence electrons. The molecule has 0 aliphatic carbocycles. The number of rotatable bonds is 4. The smallest absolute Gasteiger partial charge is 0.0843 e. The summed E-state index contributed by atoms with van der Waals surface area (Å²) in [6, 6.07) is 8.37. The van der Waals surface area contributed by atoms with Crippen molar-refractivity contribution in [3.8, 4) is 0 Å². The van der Waals surface area contributed by atoms with E-state index in [1.807, 2.05) is 6.92 Å². The third-order valence-corrected chi connectivity index (χ3v) is 3.70. The molecule has 17 heavy (non-hydrogen) atoms. The minimum atomic E-state index is -0.386. The number of hydrogen-bond donors (Lipinski definition) is 1. The van der Waals surface area contributed by atoms with Gasteiger partial charge in [-0.1, -0.05) is 37.6 Å². The number of hydrogen-bond acceptors (Lipinski definition) is 2. The van der Waals surface area contributed by atoms with E-state index in [1.165, 1.54) is 5.56 Å². The van der Waals surface area contributed by atoms with Gasteiger partial charge in [-0.3, -0.25) is 0 Å². The van der Waals surface area contributed by atoms with Crippen LogP contribution in [0.3, 0.4) is 0 Å². The molecule has 1 fully saturated rings. The molecule has 3 unspecified atom stereocenters. The summed E-state index contributed by atoms with van der Waals surface area (Å²) in [6.07, 6.45) is 3.01. The molecule has 2 rings (SSSR count). The molecule has 0 radical (unpaired) electrons. The summed E-state index contributed by atoms with van der Waals surface area (Å²) in [5.41, 5.74) is 2.37. The maximum Gasteiger partial charge on any atom is 0.0843 e. The Labute approximate surface area is 104 Å². The van der Waals surface area contributed by atoms with Gasteiger partial charge in [-0.25, -0.2) is 0 Å². The van der Waals surface area contributed by atoms with E-state index in [0.29, 0.717) is 0 Å². The number of aryl methyl sites for hydroxylation is 1. The zero-order chi connectivity index (χ0) is 12.3. The zero-order valence-corrected chi connectivity index (χ0v) is 10.7. The average molecular weight is 234 g/mol. The summed E-state index contributed by atoms with van der Waals surface area (Å²) in [7, 11) is 0. The summed E-state index contributed by atoms with van der Waals surface area (Å²) < 4.78 is 5.51. The molecule has 2 nitrogen and oxygen atoms in total. The van der Waals surface area contributed by atoms with Crippen LogP contribution in [-0.2, 0) is 11.2 Å². The van der Waals surface area contributed by atoms with E-state index >= 15 is 0 Å². The second-order valence-electron chi connectivity index (χ2n) is 4.96.